The van der Waals surface area contributed by atoms with Gasteiger partial charge in [0.25, 0.3) is 5.91 Å². The Morgan fingerprint density at radius 3 is 2.96 bits per heavy atom. The molecule has 1 saturated heterocycles. The molecule has 1 aliphatic rings. The molecule has 0 aliphatic carbocycles. The van der Waals surface area contributed by atoms with Crippen LogP contribution >= 0.6 is 0 Å². The summed E-state index contributed by atoms with van der Waals surface area (Å²) < 4.78 is 15.0. The topological polar surface area (TPSA) is 99.7 Å². The van der Waals surface area contributed by atoms with Crippen molar-refractivity contribution in [3.05, 3.63) is 63.8 Å². The zero-order valence-corrected chi connectivity index (χ0v) is 14.8. The lowest BCUT2D eigenvalue weighted by molar-refractivity contribution is 0.0704. The quantitative estimate of drug-likeness (QED) is 0.734. The van der Waals surface area contributed by atoms with Crippen LogP contribution in [0.3, 0.4) is 0 Å². The summed E-state index contributed by atoms with van der Waals surface area (Å²) in [4.78, 5) is 28.7. The first-order chi connectivity index (χ1) is 13.0. The molecule has 8 nitrogen and oxygen atoms in total. The number of piperidine rings is 1. The van der Waals surface area contributed by atoms with Gasteiger partial charge in [-0.05, 0) is 38.0 Å². The SMILES string of the molecule is Cc1nn(-c2cccc(F)c2)cc1C(=O)N1CCCC(c2n[nH]c(=O)[nH]2)C1. The lowest BCUT2D eigenvalue weighted by Gasteiger charge is -2.31. The molecule has 2 aromatic heterocycles. The number of aromatic amines is 2. The summed E-state index contributed by atoms with van der Waals surface area (Å²) in [6, 6.07) is 6.06. The summed E-state index contributed by atoms with van der Waals surface area (Å²) in [5, 5.41) is 10.7. The lowest BCUT2D eigenvalue weighted by Crippen LogP contribution is -2.39. The number of halogens is 1. The number of carbonyl (C=O) groups excluding carboxylic acids is 1. The van der Waals surface area contributed by atoms with E-state index in [-0.39, 0.29) is 23.3 Å². The van der Waals surface area contributed by atoms with Gasteiger partial charge in [0.15, 0.2) is 0 Å². The van der Waals surface area contributed by atoms with Crippen molar-refractivity contribution in [2.24, 2.45) is 0 Å². The van der Waals surface area contributed by atoms with Gasteiger partial charge in [0.05, 0.1) is 16.9 Å². The van der Waals surface area contributed by atoms with Gasteiger partial charge >= 0.3 is 5.69 Å². The minimum absolute atomic E-state index is 0.0137. The van der Waals surface area contributed by atoms with E-state index >= 15 is 0 Å². The van der Waals surface area contributed by atoms with Gasteiger partial charge in [-0.3, -0.25) is 9.78 Å². The van der Waals surface area contributed by atoms with Crippen LogP contribution in [0.15, 0.2) is 35.3 Å². The maximum Gasteiger partial charge on any atom is 0.340 e. The van der Waals surface area contributed by atoms with E-state index < -0.39 is 0 Å². The number of aryl methyl sites for hydroxylation is 1. The van der Waals surface area contributed by atoms with Crippen LogP contribution < -0.4 is 5.69 Å². The van der Waals surface area contributed by atoms with Gasteiger partial charge in [-0.2, -0.15) is 10.2 Å². The summed E-state index contributed by atoms with van der Waals surface area (Å²) in [5.74, 6) is 0.0723. The highest BCUT2D eigenvalue weighted by Crippen LogP contribution is 2.25. The Bertz CT molecular complexity index is 1040. The van der Waals surface area contributed by atoms with Crippen molar-refractivity contribution < 1.29 is 9.18 Å². The Labute approximate surface area is 154 Å². The highest BCUT2D eigenvalue weighted by molar-refractivity contribution is 5.95. The number of rotatable bonds is 3. The van der Waals surface area contributed by atoms with Crippen molar-refractivity contribution >= 4 is 5.91 Å². The molecule has 4 rings (SSSR count). The molecular formula is C18H19FN6O2. The van der Waals surface area contributed by atoms with Crippen LogP contribution in [0.25, 0.3) is 5.69 Å². The van der Waals surface area contributed by atoms with Crippen LogP contribution in [0.4, 0.5) is 4.39 Å². The first-order valence-corrected chi connectivity index (χ1v) is 8.77. The molecule has 1 aliphatic heterocycles. The smallest absolute Gasteiger partial charge is 0.338 e. The molecule has 1 fully saturated rings. The summed E-state index contributed by atoms with van der Waals surface area (Å²) in [5.41, 5.74) is 1.28. The summed E-state index contributed by atoms with van der Waals surface area (Å²) in [6.07, 6.45) is 3.31. The van der Waals surface area contributed by atoms with Crippen molar-refractivity contribution in [3.63, 3.8) is 0 Å². The zero-order valence-electron chi connectivity index (χ0n) is 14.8. The van der Waals surface area contributed by atoms with Crippen LogP contribution in [-0.2, 0) is 0 Å². The molecular weight excluding hydrogens is 351 g/mol. The number of hydrogen-bond acceptors (Lipinski definition) is 4. The third-order valence-electron chi connectivity index (χ3n) is 4.82. The van der Waals surface area contributed by atoms with E-state index in [2.05, 4.69) is 20.3 Å². The number of hydrogen-bond donors (Lipinski definition) is 2. The minimum Gasteiger partial charge on any atom is -0.338 e. The zero-order chi connectivity index (χ0) is 19.0. The molecule has 1 atom stereocenters. The van der Waals surface area contributed by atoms with E-state index in [4.69, 9.17) is 0 Å². The van der Waals surface area contributed by atoms with Crippen LogP contribution in [0.1, 0.15) is 40.6 Å². The Morgan fingerprint density at radius 1 is 1.37 bits per heavy atom. The number of amides is 1. The maximum atomic E-state index is 13.5. The summed E-state index contributed by atoms with van der Waals surface area (Å²) in [6.45, 7) is 2.87. The van der Waals surface area contributed by atoms with Gasteiger partial charge in [-0.15, -0.1) is 0 Å². The van der Waals surface area contributed by atoms with E-state index in [1.165, 1.54) is 16.8 Å². The van der Waals surface area contributed by atoms with E-state index in [1.54, 1.807) is 30.2 Å². The third-order valence-corrected chi connectivity index (χ3v) is 4.82. The fourth-order valence-corrected chi connectivity index (χ4v) is 3.45. The fraction of sp³-hybridized carbons (Fsp3) is 0.333. The number of benzene rings is 1. The maximum absolute atomic E-state index is 13.5. The molecule has 2 N–H and O–H groups in total. The Morgan fingerprint density at radius 2 is 2.22 bits per heavy atom. The monoisotopic (exact) mass is 370 g/mol. The van der Waals surface area contributed by atoms with Crippen molar-refractivity contribution in [2.75, 3.05) is 13.1 Å². The third kappa shape index (κ3) is 3.40. The molecule has 1 amide bonds. The number of nitrogens with zero attached hydrogens (tertiary/aromatic N) is 4. The number of likely N-dealkylation sites (tertiary alicyclic amines) is 1. The van der Waals surface area contributed by atoms with E-state index in [0.29, 0.717) is 35.9 Å². The highest BCUT2D eigenvalue weighted by Gasteiger charge is 2.29. The standard InChI is InChI=1S/C18H19FN6O2/c1-11-15(10-25(23-11)14-6-2-5-13(19)8-14)17(26)24-7-3-4-12(9-24)16-20-18(27)22-21-16/h2,5-6,8,10,12H,3-4,7,9H2,1H3,(H2,20,21,22,27). The Balaban J connectivity index is 1.56. The fourth-order valence-electron chi connectivity index (χ4n) is 3.45. The molecule has 1 unspecified atom stereocenters. The molecule has 0 spiro atoms. The first kappa shape index (κ1) is 17.2. The molecule has 3 heterocycles. The average molecular weight is 370 g/mol. The molecule has 0 saturated carbocycles. The summed E-state index contributed by atoms with van der Waals surface area (Å²) in [7, 11) is 0. The number of aromatic nitrogens is 5. The van der Waals surface area contributed by atoms with Gasteiger partial charge < -0.3 is 4.90 Å². The van der Waals surface area contributed by atoms with E-state index in [9.17, 15) is 14.0 Å². The molecule has 0 radical (unpaired) electrons. The number of nitrogens with one attached hydrogen (secondary N) is 2. The largest absolute Gasteiger partial charge is 0.340 e. The molecule has 9 heteroatoms. The molecule has 3 aromatic rings. The Kier molecular flexibility index (Phi) is 4.35. The average Bonchev–Trinajstić information content (AvgIpc) is 3.27. The van der Waals surface area contributed by atoms with Crippen LogP contribution in [0.5, 0.6) is 0 Å². The Hall–Kier alpha value is -3.23. The summed E-state index contributed by atoms with van der Waals surface area (Å²) >= 11 is 0. The minimum atomic E-state index is -0.361. The number of H-pyrrole nitrogens is 2. The second-order valence-corrected chi connectivity index (χ2v) is 6.71. The molecule has 0 bridgehead atoms. The van der Waals surface area contributed by atoms with Crippen LogP contribution in [-0.4, -0.2) is 48.9 Å². The van der Waals surface area contributed by atoms with Crippen molar-refractivity contribution in [1.82, 2.24) is 29.9 Å². The van der Waals surface area contributed by atoms with Gasteiger partial charge in [0.2, 0.25) is 0 Å². The van der Waals surface area contributed by atoms with Gasteiger partial charge in [-0.25, -0.2) is 19.0 Å². The van der Waals surface area contributed by atoms with Gasteiger partial charge in [0.1, 0.15) is 11.6 Å². The predicted molar refractivity (Wildman–Crippen MR) is 95.3 cm³/mol. The van der Waals surface area contributed by atoms with Crippen LogP contribution in [0, 0.1) is 12.7 Å². The normalized spacial score (nSPS) is 17.3. The van der Waals surface area contributed by atoms with Crippen molar-refractivity contribution in [2.45, 2.75) is 25.7 Å². The molecule has 1 aromatic carbocycles. The molecule has 140 valence electrons. The van der Waals surface area contributed by atoms with Gasteiger partial charge in [-0.1, -0.05) is 6.07 Å². The lowest BCUT2D eigenvalue weighted by atomic mass is 9.97. The second kappa shape index (κ2) is 6.82. The first-order valence-electron chi connectivity index (χ1n) is 8.77. The van der Waals surface area contributed by atoms with E-state index in [1.807, 2.05) is 0 Å². The second-order valence-electron chi connectivity index (χ2n) is 6.71. The van der Waals surface area contributed by atoms with Crippen molar-refractivity contribution in [3.8, 4) is 5.69 Å². The van der Waals surface area contributed by atoms with Crippen LogP contribution in [0.2, 0.25) is 0 Å². The number of carbonyl (C=O) groups is 1. The van der Waals surface area contributed by atoms with Crippen molar-refractivity contribution in [1.29, 1.82) is 0 Å². The van der Waals surface area contributed by atoms with Gasteiger partial charge in [0, 0.05) is 25.2 Å². The highest BCUT2D eigenvalue weighted by atomic mass is 19.1. The van der Waals surface area contributed by atoms with E-state index in [0.717, 1.165) is 12.8 Å². The molecule has 27 heavy (non-hydrogen) atoms. The predicted octanol–water partition coefficient (Wildman–Crippen LogP) is 1.75.